The highest BCUT2D eigenvalue weighted by Gasteiger charge is 2.23. The lowest BCUT2D eigenvalue weighted by Gasteiger charge is -2.36. The van der Waals surface area contributed by atoms with Gasteiger partial charge in [0.15, 0.2) is 0 Å². The third-order valence-corrected chi connectivity index (χ3v) is 6.18. The molecule has 8 heteroatoms. The Morgan fingerprint density at radius 1 is 0.939 bits per heavy atom. The fourth-order valence-electron chi connectivity index (χ4n) is 4.21. The van der Waals surface area contributed by atoms with E-state index in [0.29, 0.717) is 56.0 Å². The number of fused-ring (bicyclic) bond motifs is 1. The first-order valence-electron chi connectivity index (χ1n) is 11.4. The number of rotatable bonds is 6. The molecule has 3 aromatic rings. The lowest BCUT2D eigenvalue weighted by atomic mass is 10.1. The topological polar surface area (TPSA) is 67.6 Å². The number of nitrogens with zero attached hydrogens (tertiary/aromatic N) is 4. The first kappa shape index (κ1) is 22.8. The summed E-state index contributed by atoms with van der Waals surface area (Å²) in [6, 6.07) is 13.3. The van der Waals surface area contributed by atoms with Crippen molar-refractivity contribution in [2.45, 2.75) is 33.4 Å². The van der Waals surface area contributed by atoms with Crippen molar-refractivity contribution in [1.29, 1.82) is 0 Å². The third-order valence-electron chi connectivity index (χ3n) is 6.18. The molecule has 0 N–H and O–H groups in total. The highest BCUT2D eigenvalue weighted by molar-refractivity contribution is 5.81. The maximum Gasteiger partial charge on any atom is 0.331 e. The van der Waals surface area contributed by atoms with Crippen LogP contribution in [0.2, 0.25) is 0 Å². The molecule has 1 aliphatic rings. The number of halogens is 1. The molecule has 0 radical (unpaired) electrons. The van der Waals surface area contributed by atoms with Crippen LogP contribution in [0.25, 0.3) is 10.9 Å². The molecule has 1 aromatic heterocycles. The minimum atomic E-state index is -0.447. The normalized spacial score (nSPS) is 14.3. The van der Waals surface area contributed by atoms with Crippen LogP contribution >= 0.6 is 0 Å². The summed E-state index contributed by atoms with van der Waals surface area (Å²) in [5.74, 6) is -0.0923. The van der Waals surface area contributed by atoms with Gasteiger partial charge in [-0.2, -0.15) is 0 Å². The molecule has 7 nitrogen and oxygen atoms in total. The molecule has 0 spiro atoms. The summed E-state index contributed by atoms with van der Waals surface area (Å²) in [5.41, 5.74) is 0.639. The number of aromatic nitrogens is 2. The number of carbonyl (C=O) groups excluding carboxylic acids is 1. The SMILES string of the molecule is CC(C)CCn1c(=O)c2ccccc2n(CC(=O)N2CCN(c3ccc(F)cc3)CC2)c1=O. The molecule has 0 saturated carbocycles. The number of para-hydroxylation sites is 1. The van der Waals surface area contributed by atoms with E-state index in [0.717, 1.165) is 5.69 Å². The largest absolute Gasteiger partial charge is 0.368 e. The lowest BCUT2D eigenvalue weighted by molar-refractivity contribution is -0.132. The van der Waals surface area contributed by atoms with Gasteiger partial charge in [0, 0.05) is 38.4 Å². The molecule has 0 bridgehead atoms. The van der Waals surface area contributed by atoms with Crippen molar-refractivity contribution in [3.63, 3.8) is 0 Å². The summed E-state index contributed by atoms with van der Waals surface area (Å²) in [5, 5.41) is 0.440. The molecular formula is C25H29FN4O3. The Hall–Kier alpha value is -3.42. The van der Waals surface area contributed by atoms with Crippen LogP contribution < -0.4 is 16.1 Å². The third kappa shape index (κ3) is 4.84. The zero-order valence-electron chi connectivity index (χ0n) is 19.0. The van der Waals surface area contributed by atoms with Crippen molar-refractivity contribution >= 4 is 22.5 Å². The summed E-state index contributed by atoms with van der Waals surface area (Å²) in [7, 11) is 0. The highest BCUT2D eigenvalue weighted by atomic mass is 19.1. The van der Waals surface area contributed by atoms with Crippen LogP contribution in [0.5, 0.6) is 0 Å². The van der Waals surface area contributed by atoms with Gasteiger partial charge in [-0.1, -0.05) is 26.0 Å². The van der Waals surface area contributed by atoms with Crippen molar-refractivity contribution in [2.75, 3.05) is 31.1 Å². The summed E-state index contributed by atoms with van der Waals surface area (Å²) in [6.45, 7) is 6.57. The summed E-state index contributed by atoms with van der Waals surface area (Å²) >= 11 is 0. The van der Waals surface area contributed by atoms with Crippen LogP contribution in [0.4, 0.5) is 10.1 Å². The van der Waals surface area contributed by atoms with E-state index in [1.807, 2.05) is 13.8 Å². The molecule has 0 aliphatic carbocycles. The molecule has 0 unspecified atom stereocenters. The van der Waals surface area contributed by atoms with E-state index in [2.05, 4.69) is 4.90 Å². The lowest BCUT2D eigenvalue weighted by Crippen LogP contribution is -2.51. The van der Waals surface area contributed by atoms with Gasteiger partial charge in [-0.3, -0.25) is 18.7 Å². The van der Waals surface area contributed by atoms with Gasteiger partial charge in [0.05, 0.1) is 10.9 Å². The van der Waals surface area contributed by atoms with E-state index >= 15 is 0 Å². The Balaban J connectivity index is 1.55. The van der Waals surface area contributed by atoms with E-state index in [9.17, 15) is 18.8 Å². The Bertz CT molecular complexity index is 1260. The quantitative estimate of drug-likeness (QED) is 0.577. The van der Waals surface area contributed by atoms with Crippen LogP contribution in [0, 0.1) is 11.7 Å². The molecular weight excluding hydrogens is 423 g/mol. The molecule has 33 heavy (non-hydrogen) atoms. The standard InChI is InChI=1S/C25H29FN4O3/c1-18(2)11-12-29-24(32)21-5-3-4-6-22(21)30(25(29)33)17-23(31)28-15-13-27(14-16-28)20-9-7-19(26)8-10-20/h3-10,18H,11-17H2,1-2H3. The fraction of sp³-hybridized carbons (Fsp3) is 0.400. The monoisotopic (exact) mass is 452 g/mol. The van der Waals surface area contributed by atoms with Crippen molar-refractivity contribution in [3.8, 4) is 0 Å². The zero-order chi connectivity index (χ0) is 23.5. The second-order valence-electron chi connectivity index (χ2n) is 8.87. The van der Waals surface area contributed by atoms with Gasteiger partial charge in [0.25, 0.3) is 5.56 Å². The van der Waals surface area contributed by atoms with Gasteiger partial charge in [-0.05, 0) is 48.7 Å². The predicted octanol–water partition coefficient (Wildman–Crippen LogP) is 2.70. The van der Waals surface area contributed by atoms with Gasteiger partial charge in [0.2, 0.25) is 5.91 Å². The van der Waals surface area contributed by atoms with Crippen LogP contribution in [0.1, 0.15) is 20.3 Å². The summed E-state index contributed by atoms with van der Waals surface area (Å²) in [6.07, 6.45) is 0.701. The molecule has 1 amide bonds. The Morgan fingerprint density at radius 3 is 2.27 bits per heavy atom. The summed E-state index contributed by atoms with van der Waals surface area (Å²) < 4.78 is 15.9. The van der Waals surface area contributed by atoms with Gasteiger partial charge >= 0.3 is 5.69 Å². The number of benzene rings is 2. The minimum absolute atomic E-state index is 0.113. The minimum Gasteiger partial charge on any atom is -0.368 e. The first-order chi connectivity index (χ1) is 15.8. The number of hydrogen-bond donors (Lipinski definition) is 0. The second-order valence-corrected chi connectivity index (χ2v) is 8.87. The summed E-state index contributed by atoms with van der Waals surface area (Å²) in [4.78, 5) is 43.1. The molecule has 2 aromatic carbocycles. The number of amides is 1. The Labute approximate surface area is 191 Å². The van der Waals surface area contributed by atoms with Crippen LogP contribution in [-0.2, 0) is 17.9 Å². The van der Waals surface area contributed by atoms with E-state index in [1.165, 1.54) is 21.3 Å². The first-order valence-corrected chi connectivity index (χ1v) is 11.4. The van der Waals surface area contributed by atoms with E-state index in [1.54, 1.807) is 41.3 Å². The molecule has 0 atom stereocenters. The number of hydrogen-bond acceptors (Lipinski definition) is 4. The molecule has 2 heterocycles. The average Bonchev–Trinajstić information content (AvgIpc) is 2.82. The van der Waals surface area contributed by atoms with Crippen molar-refractivity contribution in [1.82, 2.24) is 14.0 Å². The van der Waals surface area contributed by atoms with Crippen LogP contribution in [0.3, 0.4) is 0 Å². The fourth-order valence-corrected chi connectivity index (χ4v) is 4.21. The van der Waals surface area contributed by atoms with Gasteiger partial charge < -0.3 is 9.80 Å². The van der Waals surface area contributed by atoms with Crippen LogP contribution in [-0.4, -0.2) is 46.1 Å². The molecule has 1 aliphatic heterocycles. The molecule has 1 saturated heterocycles. The number of carbonyl (C=O) groups is 1. The predicted molar refractivity (Wildman–Crippen MR) is 127 cm³/mol. The van der Waals surface area contributed by atoms with Crippen molar-refractivity contribution in [3.05, 3.63) is 75.2 Å². The van der Waals surface area contributed by atoms with Gasteiger partial charge in [0.1, 0.15) is 12.4 Å². The average molecular weight is 453 g/mol. The Morgan fingerprint density at radius 2 is 1.61 bits per heavy atom. The van der Waals surface area contributed by atoms with E-state index < -0.39 is 5.69 Å². The molecule has 4 rings (SSSR count). The zero-order valence-corrected chi connectivity index (χ0v) is 19.0. The number of piperazine rings is 1. The maximum absolute atomic E-state index is 13.2. The molecule has 174 valence electrons. The number of anilines is 1. The second kappa shape index (κ2) is 9.60. The van der Waals surface area contributed by atoms with Gasteiger partial charge in [-0.15, -0.1) is 0 Å². The van der Waals surface area contributed by atoms with Crippen LogP contribution in [0.15, 0.2) is 58.1 Å². The Kier molecular flexibility index (Phi) is 6.62. The highest BCUT2D eigenvalue weighted by Crippen LogP contribution is 2.17. The van der Waals surface area contributed by atoms with E-state index in [-0.39, 0.29) is 23.8 Å². The maximum atomic E-state index is 13.2. The van der Waals surface area contributed by atoms with Crippen molar-refractivity contribution < 1.29 is 9.18 Å². The molecule has 1 fully saturated rings. The van der Waals surface area contributed by atoms with Gasteiger partial charge in [-0.25, -0.2) is 9.18 Å². The van der Waals surface area contributed by atoms with E-state index in [4.69, 9.17) is 0 Å². The van der Waals surface area contributed by atoms with Crippen molar-refractivity contribution in [2.24, 2.45) is 5.92 Å². The smallest absolute Gasteiger partial charge is 0.331 e.